The largest absolute Gasteiger partial charge is 0.493 e. The molecule has 3 aromatic carbocycles. The van der Waals surface area contributed by atoms with E-state index < -0.39 is 0 Å². The first-order valence-corrected chi connectivity index (χ1v) is 10.2. The molecule has 0 unspecified atom stereocenters. The summed E-state index contributed by atoms with van der Waals surface area (Å²) in [5, 5.41) is 7.25. The third-order valence-corrected chi connectivity index (χ3v) is 4.71. The van der Waals surface area contributed by atoms with Crippen molar-refractivity contribution in [3.63, 3.8) is 0 Å². The van der Waals surface area contributed by atoms with Crippen molar-refractivity contribution in [1.29, 1.82) is 0 Å². The van der Waals surface area contributed by atoms with Crippen LogP contribution in [-0.4, -0.2) is 25.8 Å². The summed E-state index contributed by atoms with van der Waals surface area (Å²) in [6, 6.07) is 16.2. The summed E-state index contributed by atoms with van der Waals surface area (Å²) in [4.78, 5) is 16.9. The molecular weight excluding hydrogens is 458 g/mol. The molecule has 0 heterocycles. The summed E-state index contributed by atoms with van der Waals surface area (Å²) < 4.78 is 24.8. The van der Waals surface area contributed by atoms with Gasteiger partial charge in [0.05, 0.1) is 18.3 Å². The van der Waals surface area contributed by atoms with Crippen molar-refractivity contribution >= 4 is 41.0 Å². The van der Waals surface area contributed by atoms with Crippen LogP contribution in [0.3, 0.4) is 0 Å². The number of anilines is 1. The molecule has 0 aliphatic heterocycles. The van der Waals surface area contributed by atoms with Crippen molar-refractivity contribution in [2.45, 2.75) is 6.61 Å². The van der Waals surface area contributed by atoms with Gasteiger partial charge in [0, 0.05) is 21.8 Å². The molecule has 0 aliphatic carbocycles. The van der Waals surface area contributed by atoms with E-state index in [-0.39, 0.29) is 35.7 Å². The molecule has 0 aromatic heterocycles. The van der Waals surface area contributed by atoms with Gasteiger partial charge in [0.15, 0.2) is 18.1 Å². The van der Waals surface area contributed by atoms with Gasteiger partial charge in [0.1, 0.15) is 12.4 Å². The van der Waals surface area contributed by atoms with Gasteiger partial charge >= 0.3 is 0 Å². The van der Waals surface area contributed by atoms with Crippen LogP contribution in [0.4, 0.5) is 10.1 Å². The molecule has 1 N–H and O–H groups in total. The molecule has 0 saturated heterocycles. The van der Waals surface area contributed by atoms with Gasteiger partial charge in [0.25, 0.3) is 5.91 Å². The predicted octanol–water partition coefficient (Wildman–Crippen LogP) is 5.71. The summed E-state index contributed by atoms with van der Waals surface area (Å²) in [5.74, 6) is -0.130. The highest BCUT2D eigenvalue weighted by atomic mass is 35.5. The fourth-order valence-corrected chi connectivity index (χ4v) is 3.04. The Kier molecular flexibility index (Phi) is 8.30. The molecule has 0 aliphatic rings. The number of rotatable bonds is 9. The summed E-state index contributed by atoms with van der Waals surface area (Å²) >= 11 is 12.1. The molecule has 0 saturated carbocycles. The SMILES string of the molecule is COc1cc(/C=N/OCC(=O)Nc2ccc(Cl)cc2)cc(Cl)c1OCc1ccccc1F. The normalized spacial score (nSPS) is 10.8. The fraction of sp³-hybridized carbons (Fsp3) is 0.130. The van der Waals surface area contributed by atoms with Gasteiger partial charge in [-0.15, -0.1) is 0 Å². The van der Waals surface area contributed by atoms with Crippen molar-refractivity contribution < 1.29 is 23.5 Å². The number of halogens is 3. The average Bonchev–Trinajstić information content (AvgIpc) is 2.78. The molecule has 0 atom stereocenters. The molecule has 0 radical (unpaired) electrons. The first-order chi connectivity index (χ1) is 15.5. The predicted molar refractivity (Wildman–Crippen MR) is 122 cm³/mol. The molecule has 9 heteroatoms. The van der Waals surface area contributed by atoms with Crippen molar-refractivity contribution in [3.05, 3.63) is 87.7 Å². The average molecular weight is 477 g/mol. The number of nitrogens with one attached hydrogen (secondary N) is 1. The maximum atomic E-state index is 13.8. The van der Waals surface area contributed by atoms with Crippen LogP contribution in [0, 0.1) is 5.82 Å². The summed E-state index contributed by atoms with van der Waals surface area (Å²) in [6.07, 6.45) is 1.38. The summed E-state index contributed by atoms with van der Waals surface area (Å²) in [5.41, 5.74) is 1.54. The number of nitrogens with zero attached hydrogens (tertiary/aromatic N) is 1. The van der Waals surface area contributed by atoms with E-state index in [1.165, 1.54) is 19.4 Å². The monoisotopic (exact) mass is 476 g/mol. The van der Waals surface area contributed by atoms with Gasteiger partial charge in [-0.3, -0.25) is 4.79 Å². The maximum Gasteiger partial charge on any atom is 0.265 e. The molecule has 0 fully saturated rings. The standard InChI is InChI=1S/C23H19Cl2FN2O4/c1-30-21-11-15(10-19(25)23(21)31-13-16-4-2-3-5-20(16)26)12-27-32-14-22(29)28-18-8-6-17(24)7-9-18/h2-12H,13-14H2,1H3,(H,28,29)/b27-12+. The fourth-order valence-electron chi connectivity index (χ4n) is 2.64. The topological polar surface area (TPSA) is 69.2 Å². The second-order valence-electron chi connectivity index (χ2n) is 6.48. The summed E-state index contributed by atoms with van der Waals surface area (Å²) in [7, 11) is 1.46. The van der Waals surface area contributed by atoms with E-state index in [1.807, 2.05) is 0 Å². The quantitative estimate of drug-likeness (QED) is 0.317. The first-order valence-electron chi connectivity index (χ1n) is 9.40. The van der Waals surface area contributed by atoms with Crippen molar-refractivity contribution in [1.82, 2.24) is 0 Å². The zero-order valence-electron chi connectivity index (χ0n) is 17.0. The van der Waals surface area contributed by atoms with Crippen LogP contribution in [-0.2, 0) is 16.2 Å². The molecule has 3 rings (SSSR count). The number of carbonyl (C=O) groups is 1. The third-order valence-electron chi connectivity index (χ3n) is 4.18. The highest BCUT2D eigenvalue weighted by Gasteiger charge is 2.13. The lowest BCUT2D eigenvalue weighted by molar-refractivity contribution is -0.120. The minimum absolute atomic E-state index is 0.0119. The number of carbonyl (C=O) groups excluding carboxylic acids is 1. The zero-order valence-corrected chi connectivity index (χ0v) is 18.5. The van der Waals surface area contributed by atoms with Crippen LogP contribution in [0.15, 0.2) is 65.8 Å². The Morgan fingerprint density at radius 1 is 1.12 bits per heavy atom. The van der Waals surface area contributed by atoms with E-state index in [0.717, 1.165) is 0 Å². The van der Waals surface area contributed by atoms with E-state index in [4.69, 9.17) is 37.5 Å². The number of methoxy groups -OCH3 is 1. The van der Waals surface area contributed by atoms with Crippen molar-refractivity contribution in [2.75, 3.05) is 19.0 Å². The number of oxime groups is 1. The minimum atomic E-state index is -0.378. The van der Waals surface area contributed by atoms with Crippen LogP contribution in [0.25, 0.3) is 0 Å². The molecule has 32 heavy (non-hydrogen) atoms. The third kappa shape index (κ3) is 6.60. The van der Waals surface area contributed by atoms with Crippen LogP contribution >= 0.6 is 23.2 Å². The van der Waals surface area contributed by atoms with E-state index in [9.17, 15) is 9.18 Å². The summed E-state index contributed by atoms with van der Waals surface area (Å²) in [6.45, 7) is -0.296. The number of hydrogen-bond acceptors (Lipinski definition) is 5. The Labute approximate surface area is 194 Å². The lowest BCUT2D eigenvalue weighted by Crippen LogP contribution is -2.16. The van der Waals surface area contributed by atoms with Crippen LogP contribution in [0.5, 0.6) is 11.5 Å². The smallest absolute Gasteiger partial charge is 0.265 e. The Morgan fingerprint density at radius 3 is 2.59 bits per heavy atom. The highest BCUT2D eigenvalue weighted by molar-refractivity contribution is 6.32. The minimum Gasteiger partial charge on any atom is -0.493 e. The van der Waals surface area contributed by atoms with Crippen LogP contribution in [0.2, 0.25) is 10.0 Å². The van der Waals surface area contributed by atoms with E-state index in [1.54, 1.807) is 54.6 Å². The molecule has 1 amide bonds. The van der Waals surface area contributed by atoms with Crippen LogP contribution < -0.4 is 14.8 Å². The number of ether oxygens (including phenoxy) is 2. The first kappa shape index (κ1) is 23.4. The molecular formula is C23H19Cl2FN2O4. The van der Waals surface area contributed by atoms with E-state index >= 15 is 0 Å². The number of amides is 1. The van der Waals surface area contributed by atoms with Gasteiger partial charge in [-0.2, -0.15) is 0 Å². The Morgan fingerprint density at radius 2 is 1.88 bits per heavy atom. The number of benzene rings is 3. The Hall–Kier alpha value is -3.29. The van der Waals surface area contributed by atoms with Gasteiger partial charge in [0.2, 0.25) is 0 Å². The lowest BCUT2D eigenvalue weighted by atomic mass is 10.2. The second-order valence-corrected chi connectivity index (χ2v) is 7.32. The van der Waals surface area contributed by atoms with Gasteiger partial charge < -0.3 is 19.6 Å². The van der Waals surface area contributed by atoms with Crippen LogP contribution in [0.1, 0.15) is 11.1 Å². The highest BCUT2D eigenvalue weighted by Crippen LogP contribution is 2.36. The van der Waals surface area contributed by atoms with Gasteiger partial charge in [-0.25, -0.2) is 4.39 Å². The van der Waals surface area contributed by atoms with Gasteiger partial charge in [-0.1, -0.05) is 46.6 Å². The molecule has 6 nitrogen and oxygen atoms in total. The Balaban J connectivity index is 1.57. The maximum absolute atomic E-state index is 13.8. The second kappa shape index (κ2) is 11.4. The van der Waals surface area contributed by atoms with Crippen molar-refractivity contribution in [2.24, 2.45) is 5.16 Å². The van der Waals surface area contributed by atoms with E-state index in [0.29, 0.717) is 27.6 Å². The molecule has 0 spiro atoms. The van der Waals surface area contributed by atoms with Crippen molar-refractivity contribution in [3.8, 4) is 11.5 Å². The molecule has 0 bridgehead atoms. The zero-order chi connectivity index (χ0) is 22.9. The molecule has 166 valence electrons. The molecule has 3 aromatic rings. The number of hydrogen-bond donors (Lipinski definition) is 1. The lowest BCUT2D eigenvalue weighted by Gasteiger charge is -2.13. The van der Waals surface area contributed by atoms with E-state index in [2.05, 4.69) is 10.5 Å². The Bertz CT molecular complexity index is 1110. The van der Waals surface area contributed by atoms with Gasteiger partial charge in [-0.05, 0) is 42.5 Å².